The Morgan fingerprint density at radius 3 is 2.44 bits per heavy atom. The average molecular weight is 694 g/mol. The van der Waals surface area contributed by atoms with Crippen molar-refractivity contribution < 1.29 is 23.3 Å². The van der Waals surface area contributed by atoms with Crippen LogP contribution in [0.1, 0.15) is 69.6 Å². The lowest BCUT2D eigenvalue weighted by Gasteiger charge is -2.39. The number of nitrogens with one attached hydrogen (secondary N) is 3. The fourth-order valence-electron chi connectivity index (χ4n) is 5.89. The maximum atomic E-state index is 15.6. The Balaban J connectivity index is 1.49. The highest BCUT2D eigenvalue weighted by Gasteiger charge is 2.44. The maximum Gasteiger partial charge on any atom is 0.322 e. The number of urea groups is 1. The highest BCUT2D eigenvalue weighted by Crippen LogP contribution is 2.43. The van der Waals surface area contributed by atoms with Gasteiger partial charge in [0.25, 0.3) is 0 Å². The number of nitrogens with zero attached hydrogens (tertiary/aromatic N) is 2. The van der Waals surface area contributed by atoms with E-state index in [4.69, 9.17) is 16.3 Å². The van der Waals surface area contributed by atoms with Crippen molar-refractivity contribution in [3.05, 3.63) is 94.3 Å². The van der Waals surface area contributed by atoms with Gasteiger partial charge in [-0.1, -0.05) is 42.6 Å². The first-order valence-electron chi connectivity index (χ1n) is 16.0. The van der Waals surface area contributed by atoms with Gasteiger partial charge in [-0.3, -0.25) is 4.79 Å². The molecule has 12 heteroatoms. The molecular weight excluding hydrogens is 653 g/mol. The van der Waals surface area contributed by atoms with Crippen LogP contribution in [0.15, 0.2) is 66.7 Å². The second-order valence-electron chi connectivity index (χ2n) is 13.4. The van der Waals surface area contributed by atoms with E-state index in [1.165, 1.54) is 18.1 Å². The Morgan fingerprint density at radius 2 is 1.79 bits per heavy atom. The summed E-state index contributed by atoms with van der Waals surface area (Å²) in [5, 5.41) is 15.8. The number of halogens is 2. The summed E-state index contributed by atoms with van der Waals surface area (Å²) in [6, 6.07) is 19.0. The number of amides is 3. The van der Waals surface area contributed by atoms with Crippen LogP contribution in [0.3, 0.4) is 0 Å². The molecule has 2 fully saturated rings. The average Bonchev–Trinajstić information content (AvgIpc) is 3.79. The van der Waals surface area contributed by atoms with E-state index in [1.807, 2.05) is 26.8 Å². The molecular formula is C36H41ClFN5O4S. The van der Waals surface area contributed by atoms with Gasteiger partial charge in [0.05, 0.1) is 23.4 Å². The highest BCUT2D eigenvalue weighted by atomic mass is 35.5. The van der Waals surface area contributed by atoms with E-state index in [0.29, 0.717) is 39.7 Å². The summed E-state index contributed by atoms with van der Waals surface area (Å²) in [5.74, 6) is -0.711. The third kappa shape index (κ3) is 8.31. The molecule has 1 heterocycles. The predicted octanol–water partition coefficient (Wildman–Crippen LogP) is 7.10. The fourth-order valence-corrected chi connectivity index (χ4v) is 6.98. The zero-order valence-electron chi connectivity index (χ0n) is 27.5. The van der Waals surface area contributed by atoms with Gasteiger partial charge in [-0.25, -0.2) is 9.18 Å². The van der Waals surface area contributed by atoms with Crippen molar-refractivity contribution in [1.82, 2.24) is 9.62 Å². The minimum Gasteiger partial charge on any atom is -0.598 e. The SMILES string of the molecule is CO[C@H]1C[C@@H](C(=O)Nc2cc(C(CCC3CC3)(N[S+]([O-])C(C)(C)C)c3cccc(C#N)c3)ccc2F)N(C(=O)Nc2ccc(Cl)cc2)C1. The van der Waals surface area contributed by atoms with Gasteiger partial charge in [0.2, 0.25) is 5.91 Å². The number of carbonyl (C=O) groups is 2. The minimum absolute atomic E-state index is 0.0769. The van der Waals surface area contributed by atoms with E-state index >= 15 is 4.39 Å². The van der Waals surface area contributed by atoms with Gasteiger partial charge in [-0.2, -0.15) is 5.26 Å². The summed E-state index contributed by atoms with van der Waals surface area (Å²) in [4.78, 5) is 28.5. The van der Waals surface area contributed by atoms with Crippen LogP contribution in [-0.4, -0.2) is 51.9 Å². The van der Waals surface area contributed by atoms with Crippen molar-refractivity contribution in [3.8, 4) is 6.07 Å². The molecule has 3 aromatic carbocycles. The minimum atomic E-state index is -1.56. The second-order valence-corrected chi connectivity index (χ2v) is 15.8. The summed E-state index contributed by atoms with van der Waals surface area (Å²) in [6.45, 7) is 5.77. The number of anilines is 2. The lowest BCUT2D eigenvalue weighted by atomic mass is 9.79. The molecule has 4 atom stereocenters. The van der Waals surface area contributed by atoms with Gasteiger partial charge in [0.15, 0.2) is 0 Å². The van der Waals surface area contributed by atoms with Crippen LogP contribution in [0.2, 0.25) is 5.02 Å². The van der Waals surface area contributed by atoms with Gasteiger partial charge >= 0.3 is 6.03 Å². The van der Waals surface area contributed by atoms with Gasteiger partial charge in [-0.05, 0) is 99.2 Å². The Hall–Kier alpha value is -3.66. The third-order valence-electron chi connectivity index (χ3n) is 8.90. The smallest absolute Gasteiger partial charge is 0.322 e. The van der Waals surface area contributed by atoms with Crippen LogP contribution in [0.4, 0.5) is 20.6 Å². The number of nitriles is 1. The zero-order chi connectivity index (χ0) is 34.6. The molecule has 48 heavy (non-hydrogen) atoms. The van der Waals surface area contributed by atoms with Crippen molar-refractivity contribution >= 4 is 46.3 Å². The van der Waals surface area contributed by atoms with Crippen LogP contribution in [0.25, 0.3) is 0 Å². The van der Waals surface area contributed by atoms with Crippen LogP contribution in [0.5, 0.6) is 0 Å². The number of carbonyl (C=O) groups excluding carboxylic acids is 2. The standard InChI is InChI=1S/C36H41ClFN5O4S/c1-35(2,3)48(46)42-36(17-16-23-8-9-23,25-7-5-6-24(18-25)21-39)26-10-15-30(38)31(19-26)41-33(44)32-20-29(47-4)22-43(32)34(45)40-28-13-11-27(37)12-14-28/h5-7,10-15,18-19,23,29,32,42H,8-9,16-17,20,22H2,1-4H3,(H,40,45)(H,41,44)/t29-,32-,36?,48?/m0/s1. The number of ether oxygens (including phenoxy) is 1. The lowest BCUT2D eigenvalue weighted by Crippen LogP contribution is -2.52. The van der Waals surface area contributed by atoms with Crippen molar-refractivity contribution in [2.24, 2.45) is 5.92 Å². The Morgan fingerprint density at radius 1 is 1.08 bits per heavy atom. The van der Waals surface area contributed by atoms with Crippen LogP contribution in [-0.2, 0) is 26.4 Å². The number of likely N-dealkylation sites (tertiary alicyclic amines) is 1. The van der Waals surface area contributed by atoms with E-state index < -0.39 is 51.5 Å². The molecule has 0 aromatic heterocycles. The summed E-state index contributed by atoms with van der Waals surface area (Å²) < 4.78 is 37.6. The molecule has 1 saturated heterocycles. The summed E-state index contributed by atoms with van der Waals surface area (Å²) in [7, 11) is 1.51. The zero-order valence-corrected chi connectivity index (χ0v) is 29.1. The first kappa shape index (κ1) is 35.6. The van der Waals surface area contributed by atoms with Crippen molar-refractivity contribution in [2.45, 2.75) is 75.3 Å². The summed E-state index contributed by atoms with van der Waals surface area (Å²) in [6.07, 6.45) is 3.38. The number of hydrogen-bond donors (Lipinski definition) is 3. The van der Waals surface area contributed by atoms with Crippen LogP contribution < -0.4 is 15.4 Å². The van der Waals surface area contributed by atoms with Crippen molar-refractivity contribution in [2.75, 3.05) is 24.3 Å². The molecule has 3 aromatic rings. The molecule has 1 aliphatic heterocycles. The first-order valence-corrected chi connectivity index (χ1v) is 17.5. The molecule has 0 bridgehead atoms. The molecule has 0 spiro atoms. The third-order valence-corrected chi connectivity index (χ3v) is 10.8. The molecule has 3 N–H and O–H groups in total. The molecule has 254 valence electrons. The van der Waals surface area contributed by atoms with E-state index in [-0.39, 0.29) is 18.7 Å². The van der Waals surface area contributed by atoms with Gasteiger partial charge in [-0.15, -0.1) is 4.72 Å². The van der Waals surface area contributed by atoms with E-state index in [2.05, 4.69) is 21.4 Å². The Kier molecular flexibility index (Phi) is 11.0. The van der Waals surface area contributed by atoms with Gasteiger partial charge in [0.1, 0.15) is 22.1 Å². The quantitative estimate of drug-likeness (QED) is 0.184. The van der Waals surface area contributed by atoms with E-state index in [9.17, 15) is 19.4 Å². The van der Waals surface area contributed by atoms with Gasteiger partial charge in [0, 0.05) is 42.1 Å². The number of rotatable bonds is 11. The number of methoxy groups -OCH3 is 1. The predicted molar refractivity (Wildman–Crippen MR) is 186 cm³/mol. The molecule has 1 aliphatic carbocycles. The highest BCUT2D eigenvalue weighted by molar-refractivity contribution is 7.90. The summed E-state index contributed by atoms with van der Waals surface area (Å²) in [5.41, 5.74) is 1.10. The molecule has 1 saturated carbocycles. The monoisotopic (exact) mass is 693 g/mol. The number of benzene rings is 3. The maximum absolute atomic E-state index is 15.6. The van der Waals surface area contributed by atoms with Crippen LogP contribution in [0, 0.1) is 23.1 Å². The molecule has 5 rings (SSSR count). The van der Waals surface area contributed by atoms with Crippen LogP contribution >= 0.6 is 11.6 Å². The molecule has 0 radical (unpaired) electrons. The number of hydrogen-bond acceptors (Lipinski definition) is 6. The largest absolute Gasteiger partial charge is 0.598 e. The molecule has 2 aliphatic rings. The Bertz CT molecular complexity index is 1680. The molecule has 3 amide bonds. The van der Waals surface area contributed by atoms with E-state index in [0.717, 1.165) is 19.3 Å². The molecule has 9 nitrogen and oxygen atoms in total. The van der Waals surface area contributed by atoms with Crippen molar-refractivity contribution in [3.63, 3.8) is 0 Å². The van der Waals surface area contributed by atoms with Crippen molar-refractivity contribution in [1.29, 1.82) is 5.26 Å². The topological polar surface area (TPSA) is 130 Å². The van der Waals surface area contributed by atoms with E-state index in [1.54, 1.807) is 54.6 Å². The Labute approximate surface area is 289 Å². The second kappa shape index (κ2) is 14.8. The normalized spacial score (nSPS) is 19.7. The van der Waals surface area contributed by atoms with Gasteiger partial charge < -0.3 is 24.8 Å². The molecule has 2 unspecified atom stereocenters. The first-order chi connectivity index (χ1) is 22.8. The summed E-state index contributed by atoms with van der Waals surface area (Å²) >= 11 is 4.42. The fraction of sp³-hybridized carbons (Fsp3) is 0.417. The lowest BCUT2D eigenvalue weighted by molar-refractivity contribution is -0.119.